The molecule has 0 spiro atoms. The highest BCUT2D eigenvalue weighted by Gasteiger charge is 2.15. The van der Waals surface area contributed by atoms with Gasteiger partial charge in [0.05, 0.1) is 19.3 Å². The fraction of sp³-hybridized carbons (Fsp3) is 0.455. The fourth-order valence-electron chi connectivity index (χ4n) is 1.54. The van der Waals surface area contributed by atoms with Gasteiger partial charge in [0.2, 0.25) is 0 Å². The van der Waals surface area contributed by atoms with Crippen molar-refractivity contribution in [2.24, 2.45) is 0 Å². The summed E-state index contributed by atoms with van der Waals surface area (Å²) < 4.78 is 10.9. The maximum absolute atomic E-state index is 5.66. The van der Waals surface area contributed by atoms with Crippen molar-refractivity contribution < 1.29 is 9.47 Å². The van der Waals surface area contributed by atoms with E-state index < -0.39 is 0 Å². The minimum atomic E-state index is 0.261. The smallest absolute Gasteiger partial charge is 0.0834 e. The minimum Gasteiger partial charge on any atom is -0.399 e. The van der Waals surface area contributed by atoms with Crippen molar-refractivity contribution in [3.05, 3.63) is 29.8 Å². The Morgan fingerprint density at radius 2 is 2.43 bits per heavy atom. The lowest BCUT2D eigenvalue weighted by atomic mass is 10.2. The Morgan fingerprint density at radius 3 is 3.14 bits per heavy atom. The van der Waals surface area contributed by atoms with Gasteiger partial charge >= 0.3 is 0 Å². The lowest BCUT2D eigenvalue weighted by molar-refractivity contribution is 0.0318. The van der Waals surface area contributed by atoms with Crippen molar-refractivity contribution in [2.45, 2.75) is 19.1 Å². The van der Waals surface area contributed by atoms with Gasteiger partial charge in [0.15, 0.2) is 0 Å². The number of rotatable bonds is 3. The van der Waals surface area contributed by atoms with Crippen molar-refractivity contribution in [1.29, 1.82) is 0 Å². The van der Waals surface area contributed by atoms with Gasteiger partial charge in [-0.1, -0.05) is 12.1 Å². The Bertz CT molecular complexity index is 295. The second-order valence-corrected chi connectivity index (χ2v) is 3.54. The largest absolute Gasteiger partial charge is 0.399 e. The summed E-state index contributed by atoms with van der Waals surface area (Å²) in [6.45, 7) is 2.17. The van der Waals surface area contributed by atoms with Crippen molar-refractivity contribution >= 4 is 5.69 Å². The predicted octanol–water partition coefficient (Wildman–Crippen LogP) is 1.57. The minimum absolute atomic E-state index is 0.261. The van der Waals surface area contributed by atoms with Gasteiger partial charge in [-0.3, -0.25) is 0 Å². The number of benzene rings is 1. The van der Waals surface area contributed by atoms with Crippen LogP contribution in [0.1, 0.15) is 12.0 Å². The summed E-state index contributed by atoms with van der Waals surface area (Å²) in [6.07, 6.45) is 1.26. The van der Waals surface area contributed by atoms with E-state index in [0.29, 0.717) is 6.61 Å². The topological polar surface area (TPSA) is 44.5 Å². The summed E-state index contributed by atoms with van der Waals surface area (Å²) in [5.74, 6) is 0. The Morgan fingerprint density at radius 1 is 1.50 bits per heavy atom. The highest BCUT2D eigenvalue weighted by molar-refractivity contribution is 5.40. The van der Waals surface area contributed by atoms with Crippen LogP contribution in [0, 0.1) is 0 Å². The molecule has 0 aliphatic carbocycles. The lowest BCUT2D eigenvalue weighted by Gasteiger charge is -2.09. The van der Waals surface area contributed by atoms with Crippen LogP contribution in [-0.2, 0) is 16.1 Å². The van der Waals surface area contributed by atoms with E-state index in [1.807, 2.05) is 24.3 Å². The molecule has 1 unspecified atom stereocenters. The number of anilines is 1. The lowest BCUT2D eigenvalue weighted by Crippen LogP contribution is -2.11. The quantitative estimate of drug-likeness (QED) is 0.741. The molecule has 0 amide bonds. The van der Waals surface area contributed by atoms with E-state index in [1.54, 1.807) is 0 Å². The Kier molecular flexibility index (Phi) is 3.01. The summed E-state index contributed by atoms with van der Waals surface area (Å²) in [6, 6.07) is 7.78. The molecule has 0 radical (unpaired) electrons. The van der Waals surface area contributed by atoms with Gasteiger partial charge in [0.25, 0.3) is 0 Å². The van der Waals surface area contributed by atoms with Crippen LogP contribution >= 0.6 is 0 Å². The van der Waals surface area contributed by atoms with Crippen LogP contribution in [0.3, 0.4) is 0 Å². The number of hydrogen-bond acceptors (Lipinski definition) is 3. The predicted molar refractivity (Wildman–Crippen MR) is 54.9 cm³/mol. The molecule has 2 rings (SSSR count). The molecule has 3 nitrogen and oxygen atoms in total. The third-order valence-corrected chi connectivity index (χ3v) is 2.32. The van der Waals surface area contributed by atoms with Gasteiger partial charge < -0.3 is 15.2 Å². The van der Waals surface area contributed by atoms with Crippen LogP contribution in [0.15, 0.2) is 24.3 Å². The first kappa shape index (κ1) is 9.49. The molecule has 1 aliphatic heterocycles. The molecule has 1 heterocycles. The Labute approximate surface area is 83.8 Å². The Balaban J connectivity index is 1.85. The SMILES string of the molecule is Nc1cccc(COC2CCOC2)c1. The second-order valence-electron chi connectivity index (χ2n) is 3.54. The monoisotopic (exact) mass is 193 g/mol. The average molecular weight is 193 g/mol. The molecule has 0 aromatic heterocycles. The third-order valence-electron chi connectivity index (χ3n) is 2.32. The maximum atomic E-state index is 5.66. The number of ether oxygens (including phenoxy) is 2. The number of nitrogens with two attached hydrogens (primary N) is 1. The zero-order valence-electron chi connectivity index (χ0n) is 8.11. The van der Waals surface area contributed by atoms with Crippen LogP contribution in [0.5, 0.6) is 0 Å². The zero-order chi connectivity index (χ0) is 9.80. The van der Waals surface area contributed by atoms with E-state index in [-0.39, 0.29) is 6.10 Å². The molecule has 1 atom stereocenters. The summed E-state index contributed by atoms with van der Waals surface area (Å²) in [7, 11) is 0. The summed E-state index contributed by atoms with van der Waals surface area (Å²) in [4.78, 5) is 0. The average Bonchev–Trinajstić information content (AvgIpc) is 2.67. The molecule has 76 valence electrons. The van der Waals surface area contributed by atoms with E-state index in [2.05, 4.69) is 0 Å². The van der Waals surface area contributed by atoms with Gasteiger partial charge in [-0.05, 0) is 24.1 Å². The molecule has 14 heavy (non-hydrogen) atoms. The summed E-state index contributed by atoms with van der Waals surface area (Å²) >= 11 is 0. The molecule has 3 heteroatoms. The first-order chi connectivity index (χ1) is 6.84. The van der Waals surface area contributed by atoms with Crippen molar-refractivity contribution in [3.63, 3.8) is 0 Å². The van der Waals surface area contributed by atoms with Crippen LogP contribution in [-0.4, -0.2) is 19.3 Å². The number of hydrogen-bond donors (Lipinski definition) is 1. The molecule has 1 aromatic rings. The van der Waals surface area contributed by atoms with Gasteiger partial charge in [0, 0.05) is 12.3 Å². The van der Waals surface area contributed by atoms with Gasteiger partial charge in [0.1, 0.15) is 0 Å². The second kappa shape index (κ2) is 4.44. The van der Waals surface area contributed by atoms with Gasteiger partial charge in [-0.25, -0.2) is 0 Å². The van der Waals surface area contributed by atoms with E-state index in [4.69, 9.17) is 15.2 Å². The molecular formula is C11H15NO2. The van der Waals surface area contributed by atoms with Crippen LogP contribution in [0.25, 0.3) is 0 Å². The normalized spacial score (nSPS) is 21.3. The molecule has 0 bridgehead atoms. The maximum Gasteiger partial charge on any atom is 0.0834 e. The fourth-order valence-corrected chi connectivity index (χ4v) is 1.54. The molecular weight excluding hydrogens is 178 g/mol. The van der Waals surface area contributed by atoms with Crippen molar-refractivity contribution in [3.8, 4) is 0 Å². The third kappa shape index (κ3) is 2.47. The van der Waals surface area contributed by atoms with Crippen LogP contribution in [0.4, 0.5) is 5.69 Å². The molecule has 0 saturated carbocycles. The highest BCUT2D eigenvalue weighted by atomic mass is 16.5. The molecule has 1 fully saturated rings. The van der Waals surface area contributed by atoms with Crippen LogP contribution < -0.4 is 5.73 Å². The van der Waals surface area contributed by atoms with Gasteiger partial charge in [-0.2, -0.15) is 0 Å². The van der Waals surface area contributed by atoms with Crippen molar-refractivity contribution in [1.82, 2.24) is 0 Å². The van der Waals surface area contributed by atoms with E-state index in [1.165, 1.54) is 0 Å². The first-order valence-corrected chi connectivity index (χ1v) is 4.88. The Hall–Kier alpha value is -1.06. The van der Waals surface area contributed by atoms with E-state index >= 15 is 0 Å². The standard InChI is InChI=1S/C11H15NO2/c12-10-3-1-2-9(6-10)7-14-11-4-5-13-8-11/h1-3,6,11H,4-5,7-8,12H2. The molecule has 1 aromatic carbocycles. The zero-order valence-corrected chi connectivity index (χ0v) is 8.11. The van der Waals surface area contributed by atoms with E-state index in [0.717, 1.165) is 30.9 Å². The van der Waals surface area contributed by atoms with E-state index in [9.17, 15) is 0 Å². The molecule has 1 aliphatic rings. The molecule has 2 N–H and O–H groups in total. The van der Waals surface area contributed by atoms with Gasteiger partial charge in [-0.15, -0.1) is 0 Å². The summed E-state index contributed by atoms with van der Waals surface area (Å²) in [5.41, 5.74) is 7.57. The van der Waals surface area contributed by atoms with Crippen LogP contribution in [0.2, 0.25) is 0 Å². The number of nitrogen functional groups attached to an aromatic ring is 1. The highest BCUT2D eigenvalue weighted by Crippen LogP contribution is 2.13. The van der Waals surface area contributed by atoms with Crippen molar-refractivity contribution in [2.75, 3.05) is 18.9 Å². The first-order valence-electron chi connectivity index (χ1n) is 4.88. The molecule has 1 saturated heterocycles. The summed E-state index contributed by atoms with van der Waals surface area (Å²) in [5, 5.41) is 0.